The SMILES string of the molecule is O=C(CCc1ccc(O)cc1)c1c(O)cc(OCCOCCOCCS)cc1OC1OC(CO)[C@@H](O)[C@H](O)[C@@H]1O. The molecule has 0 amide bonds. The number of carbonyl (C=O) groups excluding carboxylic acids is 1. The van der Waals surface area contributed by atoms with Crippen LogP contribution >= 0.6 is 12.6 Å². The molecule has 2 aromatic rings. The van der Waals surface area contributed by atoms with Crippen LogP contribution in [0.5, 0.6) is 23.0 Å². The van der Waals surface area contributed by atoms with Crippen LogP contribution in [0.4, 0.5) is 0 Å². The summed E-state index contributed by atoms with van der Waals surface area (Å²) in [7, 11) is 0. The average molecular weight is 585 g/mol. The smallest absolute Gasteiger partial charge is 0.229 e. The molecule has 6 N–H and O–H groups in total. The highest BCUT2D eigenvalue weighted by Crippen LogP contribution is 2.37. The summed E-state index contributed by atoms with van der Waals surface area (Å²) in [6.07, 6.45) is -7.60. The lowest BCUT2D eigenvalue weighted by Crippen LogP contribution is -2.60. The van der Waals surface area contributed by atoms with E-state index in [4.69, 9.17) is 23.7 Å². The molecule has 0 bridgehead atoms. The number of Topliss-reactive ketones (excluding diaryl/α,β-unsaturated/α-hetero) is 1. The lowest BCUT2D eigenvalue weighted by atomic mass is 9.99. The molecule has 0 aromatic heterocycles. The second-order valence-electron chi connectivity index (χ2n) is 9.02. The van der Waals surface area contributed by atoms with Gasteiger partial charge in [0.15, 0.2) is 5.78 Å². The largest absolute Gasteiger partial charge is 0.508 e. The number of hydrogen-bond acceptors (Lipinski definition) is 13. The number of aromatic hydroxyl groups is 2. The van der Waals surface area contributed by atoms with E-state index in [0.717, 1.165) is 5.56 Å². The van der Waals surface area contributed by atoms with Gasteiger partial charge >= 0.3 is 0 Å². The van der Waals surface area contributed by atoms with Gasteiger partial charge in [0.05, 0.1) is 33.0 Å². The molecular weight excluding hydrogens is 548 g/mol. The fourth-order valence-corrected chi connectivity index (χ4v) is 4.10. The van der Waals surface area contributed by atoms with E-state index < -0.39 is 48.8 Å². The highest BCUT2D eigenvalue weighted by Gasteiger charge is 2.45. The van der Waals surface area contributed by atoms with Gasteiger partial charge in [-0.05, 0) is 24.1 Å². The minimum atomic E-state index is -1.73. The number of thiol groups is 1. The van der Waals surface area contributed by atoms with Gasteiger partial charge in [0.25, 0.3) is 0 Å². The molecule has 1 aliphatic rings. The Hall–Kier alpha value is -2.62. The fourth-order valence-electron chi connectivity index (χ4n) is 3.97. The molecule has 3 rings (SSSR count). The summed E-state index contributed by atoms with van der Waals surface area (Å²) < 4.78 is 27.5. The first-order valence-corrected chi connectivity index (χ1v) is 13.4. The summed E-state index contributed by atoms with van der Waals surface area (Å²) in [6, 6.07) is 8.89. The third kappa shape index (κ3) is 8.94. The second-order valence-corrected chi connectivity index (χ2v) is 9.46. The summed E-state index contributed by atoms with van der Waals surface area (Å²) in [6.45, 7) is 0.902. The predicted octanol–water partition coefficient (Wildman–Crippen LogP) is 0.434. The van der Waals surface area contributed by atoms with Gasteiger partial charge in [-0.15, -0.1) is 0 Å². The van der Waals surface area contributed by atoms with Crippen molar-refractivity contribution in [2.24, 2.45) is 0 Å². The van der Waals surface area contributed by atoms with E-state index in [1.54, 1.807) is 12.1 Å². The monoisotopic (exact) mass is 584 g/mol. The zero-order valence-electron chi connectivity index (χ0n) is 21.8. The molecule has 0 aliphatic carbocycles. The minimum Gasteiger partial charge on any atom is -0.508 e. The third-order valence-electron chi connectivity index (χ3n) is 6.11. The highest BCUT2D eigenvalue weighted by atomic mass is 32.1. The van der Waals surface area contributed by atoms with Crippen molar-refractivity contribution in [3.05, 3.63) is 47.5 Å². The van der Waals surface area contributed by atoms with E-state index in [2.05, 4.69) is 12.6 Å². The Morgan fingerprint density at radius 2 is 1.57 bits per heavy atom. The molecular formula is C27H36O12S. The summed E-state index contributed by atoms with van der Waals surface area (Å²) in [4.78, 5) is 13.2. The fraction of sp³-hybridized carbons (Fsp3) is 0.519. The van der Waals surface area contributed by atoms with E-state index in [-0.39, 0.29) is 42.4 Å². The molecule has 0 saturated carbocycles. The topological polar surface area (TPSA) is 185 Å². The van der Waals surface area contributed by atoms with Crippen LogP contribution in [0.3, 0.4) is 0 Å². The Kier molecular flexibility index (Phi) is 12.7. The number of carbonyl (C=O) groups is 1. The number of rotatable bonds is 16. The number of ketones is 1. The zero-order chi connectivity index (χ0) is 29.1. The molecule has 2 aromatic carbocycles. The van der Waals surface area contributed by atoms with Gasteiger partial charge in [0.1, 0.15) is 59.6 Å². The molecule has 12 nitrogen and oxygen atoms in total. The van der Waals surface area contributed by atoms with Crippen molar-refractivity contribution in [3.63, 3.8) is 0 Å². The number of ether oxygens (including phenoxy) is 5. The van der Waals surface area contributed by atoms with Gasteiger partial charge in [0, 0.05) is 24.3 Å². The number of benzene rings is 2. The summed E-state index contributed by atoms with van der Waals surface area (Å²) in [5.74, 6) is -0.325. The van der Waals surface area contributed by atoms with E-state index in [0.29, 0.717) is 32.0 Å². The molecule has 13 heteroatoms. The molecule has 0 radical (unpaired) electrons. The molecule has 1 fully saturated rings. The molecule has 1 heterocycles. The van der Waals surface area contributed by atoms with Gasteiger partial charge in [-0.2, -0.15) is 12.6 Å². The maximum atomic E-state index is 13.2. The molecule has 222 valence electrons. The molecule has 1 saturated heterocycles. The van der Waals surface area contributed by atoms with Crippen LogP contribution in [0.2, 0.25) is 0 Å². The van der Waals surface area contributed by atoms with E-state index in [9.17, 15) is 35.4 Å². The highest BCUT2D eigenvalue weighted by molar-refractivity contribution is 7.80. The Bertz CT molecular complexity index is 1060. The summed E-state index contributed by atoms with van der Waals surface area (Å²) >= 11 is 4.05. The third-order valence-corrected chi connectivity index (χ3v) is 6.29. The zero-order valence-corrected chi connectivity index (χ0v) is 22.7. The van der Waals surface area contributed by atoms with Crippen molar-refractivity contribution in [1.29, 1.82) is 0 Å². The first kappa shape index (κ1) is 31.9. The van der Waals surface area contributed by atoms with Crippen LogP contribution in [-0.2, 0) is 20.6 Å². The maximum absolute atomic E-state index is 13.2. The first-order valence-electron chi connectivity index (χ1n) is 12.8. The average Bonchev–Trinajstić information content (AvgIpc) is 2.94. The normalized spacial score (nSPS) is 22.7. The molecule has 1 aliphatic heterocycles. The predicted molar refractivity (Wildman–Crippen MR) is 144 cm³/mol. The van der Waals surface area contributed by atoms with Crippen molar-refractivity contribution in [2.75, 3.05) is 45.4 Å². The van der Waals surface area contributed by atoms with Crippen LogP contribution in [0.1, 0.15) is 22.3 Å². The van der Waals surface area contributed by atoms with Gasteiger partial charge in [-0.1, -0.05) is 12.1 Å². The lowest BCUT2D eigenvalue weighted by molar-refractivity contribution is -0.277. The number of aliphatic hydroxyl groups is 4. The second kappa shape index (κ2) is 16.0. The van der Waals surface area contributed by atoms with E-state index in [1.165, 1.54) is 24.3 Å². The van der Waals surface area contributed by atoms with Crippen LogP contribution in [0, 0.1) is 0 Å². The molecule has 5 atom stereocenters. The van der Waals surface area contributed by atoms with Crippen LogP contribution in [0.15, 0.2) is 36.4 Å². The Labute approximate surface area is 237 Å². The number of aliphatic hydroxyl groups excluding tert-OH is 4. The van der Waals surface area contributed by atoms with Crippen molar-refractivity contribution >= 4 is 18.4 Å². The lowest BCUT2D eigenvalue weighted by Gasteiger charge is -2.39. The Morgan fingerprint density at radius 3 is 2.25 bits per heavy atom. The number of aryl methyl sites for hydroxylation is 1. The Balaban J connectivity index is 1.75. The van der Waals surface area contributed by atoms with Gasteiger partial charge in [-0.25, -0.2) is 0 Å². The standard InChI is InChI=1S/C27H36O12S/c28-15-22-24(32)25(33)26(34)27(39-22)38-21-14-18(37-10-9-35-7-8-36-11-12-40)13-20(31)23(21)19(30)6-3-16-1-4-17(29)5-2-16/h1-2,4-5,13-14,22,24-29,31-34,40H,3,6-12,15H2/t22?,24-,25+,26+,27?/m1/s1. The van der Waals surface area contributed by atoms with Crippen molar-refractivity contribution in [3.8, 4) is 23.0 Å². The summed E-state index contributed by atoms with van der Waals surface area (Å²) in [5, 5.41) is 60.4. The van der Waals surface area contributed by atoms with Crippen molar-refractivity contribution in [1.82, 2.24) is 0 Å². The maximum Gasteiger partial charge on any atom is 0.229 e. The van der Waals surface area contributed by atoms with Crippen LogP contribution in [0.25, 0.3) is 0 Å². The quantitative estimate of drug-likeness (QED) is 0.0822. The Morgan fingerprint density at radius 1 is 0.900 bits per heavy atom. The van der Waals surface area contributed by atoms with Crippen LogP contribution < -0.4 is 9.47 Å². The van der Waals surface area contributed by atoms with E-state index in [1.807, 2.05) is 0 Å². The minimum absolute atomic E-state index is 0.0350. The van der Waals surface area contributed by atoms with Crippen molar-refractivity contribution < 1.29 is 59.1 Å². The number of phenolic OH excluding ortho intramolecular Hbond substituents is 2. The van der Waals surface area contributed by atoms with Crippen molar-refractivity contribution in [2.45, 2.75) is 43.5 Å². The first-order chi connectivity index (χ1) is 19.2. The van der Waals surface area contributed by atoms with Crippen LogP contribution in [-0.4, -0.2) is 113 Å². The number of phenols is 2. The van der Waals surface area contributed by atoms with Gasteiger partial charge < -0.3 is 54.3 Å². The number of hydrogen-bond donors (Lipinski definition) is 7. The molecule has 0 spiro atoms. The molecule has 2 unspecified atom stereocenters. The summed E-state index contributed by atoms with van der Waals surface area (Å²) in [5.41, 5.74) is 0.568. The van der Waals surface area contributed by atoms with E-state index >= 15 is 0 Å². The van der Waals surface area contributed by atoms with Gasteiger partial charge in [0.2, 0.25) is 6.29 Å². The molecule has 40 heavy (non-hydrogen) atoms. The van der Waals surface area contributed by atoms with Gasteiger partial charge in [-0.3, -0.25) is 4.79 Å².